The molecule has 4 rings (SSSR count). The molecular formula is C18H26ClN3O. The van der Waals surface area contributed by atoms with E-state index in [1.165, 1.54) is 49.1 Å². The van der Waals surface area contributed by atoms with Crippen LogP contribution in [0.2, 0.25) is 0 Å². The lowest BCUT2D eigenvalue weighted by molar-refractivity contribution is 0.0343. The summed E-state index contributed by atoms with van der Waals surface area (Å²) in [6.07, 6.45) is 3.51. The van der Waals surface area contributed by atoms with Gasteiger partial charge in [0.1, 0.15) is 0 Å². The van der Waals surface area contributed by atoms with Crippen molar-refractivity contribution < 1.29 is 4.74 Å². The maximum absolute atomic E-state index is 5.42. The monoisotopic (exact) mass is 335 g/mol. The smallest absolute Gasteiger partial charge is 0.0594 e. The Labute approximate surface area is 144 Å². The number of halogens is 1. The lowest BCUT2D eigenvalue weighted by Crippen LogP contribution is -2.41. The van der Waals surface area contributed by atoms with Gasteiger partial charge in [0.05, 0.1) is 13.2 Å². The van der Waals surface area contributed by atoms with Crippen molar-refractivity contribution in [3.8, 4) is 0 Å². The van der Waals surface area contributed by atoms with E-state index < -0.39 is 0 Å². The summed E-state index contributed by atoms with van der Waals surface area (Å²) in [5.41, 5.74) is 2.77. The second-order valence-corrected chi connectivity index (χ2v) is 6.53. The molecule has 1 aromatic carbocycles. The van der Waals surface area contributed by atoms with Gasteiger partial charge in [-0.1, -0.05) is 18.2 Å². The number of hydrogen-bond donors (Lipinski definition) is 1. The van der Waals surface area contributed by atoms with E-state index in [9.17, 15) is 0 Å². The van der Waals surface area contributed by atoms with Crippen LogP contribution in [0.5, 0.6) is 0 Å². The molecule has 126 valence electrons. The Balaban J connectivity index is 0.00000156. The van der Waals surface area contributed by atoms with E-state index in [0.717, 1.165) is 26.3 Å². The molecule has 4 nitrogen and oxygen atoms in total. The quantitative estimate of drug-likeness (QED) is 0.932. The molecule has 1 unspecified atom stereocenters. The molecule has 3 heterocycles. The number of rotatable bonds is 4. The molecule has 5 heteroatoms. The van der Waals surface area contributed by atoms with Crippen molar-refractivity contribution in [2.24, 2.45) is 0 Å². The molecule has 2 aliphatic heterocycles. The van der Waals surface area contributed by atoms with Crippen molar-refractivity contribution in [2.45, 2.75) is 12.3 Å². The van der Waals surface area contributed by atoms with E-state index >= 15 is 0 Å². The van der Waals surface area contributed by atoms with Gasteiger partial charge in [-0.2, -0.15) is 0 Å². The van der Waals surface area contributed by atoms with E-state index in [-0.39, 0.29) is 12.4 Å². The first-order chi connectivity index (χ1) is 10.9. The normalized spacial score (nSPS) is 23.2. The number of likely N-dealkylation sites (tertiary alicyclic amines) is 1. The first-order valence-electron chi connectivity index (χ1n) is 8.48. The Morgan fingerprint density at radius 3 is 2.70 bits per heavy atom. The zero-order chi connectivity index (χ0) is 14.8. The Kier molecular flexibility index (Phi) is 5.59. The number of ether oxygens (including phenoxy) is 1. The zero-order valence-electron chi connectivity index (χ0n) is 13.5. The van der Waals surface area contributed by atoms with Crippen LogP contribution in [0, 0.1) is 0 Å². The molecular weight excluding hydrogens is 310 g/mol. The molecule has 1 aromatic heterocycles. The van der Waals surface area contributed by atoms with Gasteiger partial charge in [0.2, 0.25) is 0 Å². The van der Waals surface area contributed by atoms with Crippen LogP contribution in [-0.4, -0.2) is 67.3 Å². The number of fused-ring (bicyclic) bond motifs is 1. The van der Waals surface area contributed by atoms with E-state index in [1.54, 1.807) is 0 Å². The topological polar surface area (TPSA) is 31.5 Å². The maximum Gasteiger partial charge on any atom is 0.0594 e. The lowest BCUT2D eigenvalue weighted by atomic mass is 9.98. The van der Waals surface area contributed by atoms with Crippen molar-refractivity contribution in [1.82, 2.24) is 14.8 Å². The van der Waals surface area contributed by atoms with Crippen molar-refractivity contribution in [1.29, 1.82) is 0 Å². The number of benzene rings is 1. The zero-order valence-corrected chi connectivity index (χ0v) is 14.4. The fraction of sp³-hybridized carbons (Fsp3) is 0.556. The maximum atomic E-state index is 5.42. The van der Waals surface area contributed by atoms with Crippen molar-refractivity contribution in [3.05, 3.63) is 36.0 Å². The van der Waals surface area contributed by atoms with Crippen LogP contribution in [0.25, 0.3) is 10.9 Å². The number of morpholine rings is 1. The minimum Gasteiger partial charge on any atom is -0.379 e. The molecule has 2 aromatic rings. The number of nitrogens with one attached hydrogen (secondary N) is 1. The Hall–Kier alpha value is -1.07. The highest BCUT2D eigenvalue weighted by Gasteiger charge is 2.26. The molecule has 1 atom stereocenters. The molecule has 2 fully saturated rings. The Morgan fingerprint density at radius 1 is 1.04 bits per heavy atom. The average molecular weight is 336 g/mol. The van der Waals surface area contributed by atoms with Crippen LogP contribution < -0.4 is 0 Å². The van der Waals surface area contributed by atoms with E-state index in [1.807, 2.05) is 0 Å². The lowest BCUT2D eigenvalue weighted by Gasteiger charge is -2.28. The van der Waals surface area contributed by atoms with Gasteiger partial charge in [0.15, 0.2) is 0 Å². The number of para-hydroxylation sites is 1. The van der Waals surface area contributed by atoms with Gasteiger partial charge in [0.25, 0.3) is 0 Å². The minimum atomic E-state index is 0. The summed E-state index contributed by atoms with van der Waals surface area (Å²) < 4.78 is 5.42. The highest BCUT2D eigenvalue weighted by molar-refractivity contribution is 5.85. The van der Waals surface area contributed by atoms with Gasteiger partial charge < -0.3 is 14.6 Å². The highest BCUT2D eigenvalue weighted by Crippen LogP contribution is 2.32. The van der Waals surface area contributed by atoms with Gasteiger partial charge >= 0.3 is 0 Å². The Bertz CT molecular complexity index is 624. The molecule has 1 N–H and O–H groups in total. The first-order valence-corrected chi connectivity index (χ1v) is 8.48. The molecule has 0 spiro atoms. The largest absolute Gasteiger partial charge is 0.379 e. The third-order valence-corrected chi connectivity index (χ3v) is 5.17. The van der Waals surface area contributed by atoms with Gasteiger partial charge in [-0.05, 0) is 30.5 Å². The first kappa shape index (κ1) is 16.8. The molecule has 0 bridgehead atoms. The van der Waals surface area contributed by atoms with Crippen molar-refractivity contribution >= 4 is 23.3 Å². The predicted molar refractivity (Wildman–Crippen MR) is 96.6 cm³/mol. The SMILES string of the molecule is Cl.c1ccc2c(C3CCN(CCN4CCOCC4)C3)c[nH]c2c1. The third-order valence-electron chi connectivity index (χ3n) is 5.17. The number of hydrogen-bond acceptors (Lipinski definition) is 3. The molecule has 0 radical (unpaired) electrons. The Morgan fingerprint density at radius 2 is 1.83 bits per heavy atom. The predicted octanol–water partition coefficient (Wildman–Crippen LogP) is 2.71. The van der Waals surface area contributed by atoms with E-state index in [4.69, 9.17) is 4.74 Å². The molecule has 0 aliphatic carbocycles. The molecule has 0 amide bonds. The number of aromatic nitrogens is 1. The third kappa shape index (κ3) is 3.72. The summed E-state index contributed by atoms with van der Waals surface area (Å²) in [5, 5.41) is 1.41. The van der Waals surface area contributed by atoms with Gasteiger partial charge in [0, 0.05) is 49.8 Å². The summed E-state index contributed by atoms with van der Waals surface area (Å²) in [5.74, 6) is 0.681. The van der Waals surface area contributed by atoms with Crippen molar-refractivity contribution in [3.63, 3.8) is 0 Å². The van der Waals surface area contributed by atoms with Gasteiger partial charge in [-0.25, -0.2) is 0 Å². The van der Waals surface area contributed by atoms with Crippen LogP contribution in [0.3, 0.4) is 0 Å². The number of nitrogens with zero attached hydrogens (tertiary/aromatic N) is 2. The van der Waals surface area contributed by atoms with Gasteiger partial charge in [-0.15, -0.1) is 12.4 Å². The summed E-state index contributed by atoms with van der Waals surface area (Å²) in [6.45, 7) is 8.80. The van der Waals surface area contributed by atoms with E-state index in [0.29, 0.717) is 5.92 Å². The van der Waals surface area contributed by atoms with Crippen LogP contribution in [-0.2, 0) is 4.74 Å². The summed E-state index contributed by atoms with van der Waals surface area (Å²) in [4.78, 5) is 8.58. The molecule has 2 saturated heterocycles. The highest BCUT2D eigenvalue weighted by atomic mass is 35.5. The second kappa shape index (κ2) is 7.67. The average Bonchev–Trinajstić information content (AvgIpc) is 3.20. The summed E-state index contributed by atoms with van der Waals surface area (Å²) in [7, 11) is 0. The molecule has 0 saturated carbocycles. The van der Waals surface area contributed by atoms with Gasteiger partial charge in [-0.3, -0.25) is 4.90 Å². The van der Waals surface area contributed by atoms with Crippen LogP contribution in [0.4, 0.5) is 0 Å². The van der Waals surface area contributed by atoms with Crippen LogP contribution in [0.15, 0.2) is 30.5 Å². The fourth-order valence-corrected chi connectivity index (χ4v) is 3.83. The standard InChI is InChI=1S/C18H25N3O.ClH/c1-2-4-18-16(3-1)17(13-19-18)15-5-6-21(14-15)8-7-20-9-11-22-12-10-20;/h1-4,13,15,19H,5-12,14H2;1H. The van der Waals surface area contributed by atoms with Crippen LogP contribution >= 0.6 is 12.4 Å². The van der Waals surface area contributed by atoms with Crippen molar-refractivity contribution in [2.75, 3.05) is 52.5 Å². The van der Waals surface area contributed by atoms with Crippen LogP contribution in [0.1, 0.15) is 17.9 Å². The van der Waals surface area contributed by atoms with E-state index in [2.05, 4.69) is 45.2 Å². The minimum absolute atomic E-state index is 0. The second-order valence-electron chi connectivity index (χ2n) is 6.53. The summed E-state index contributed by atoms with van der Waals surface area (Å²) >= 11 is 0. The fourth-order valence-electron chi connectivity index (χ4n) is 3.83. The molecule has 23 heavy (non-hydrogen) atoms. The number of H-pyrrole nitrogens is 1. The summed E-state index contributed by atoms with van der Waals surface area (Å²) in [6, 6.07) is 8.66. The number of aromatic amines is 1. The molecule has 2 aliphatic rings.